The zero-order valence-electron chi connectivity index (χ0n) is 19.7. The van der Waals surface area contributed by atoms with Crippen LogP contribution in [0.1, 0.15) is 56.8 Å². The van der Waals surface area contributed by atoms with Gasteiger partial charge in [-0.2, -0.15) is 0 Å². The number of fused-ring (bicyclic) bond motifs is 4. The van der Waals surface area contributed by atoms with E-state index in [0.29, 0.717) is 11.1 Å². The average molecular weight is 453 g/mol. The topological polar surface area (TPSA) is 34.1 Å². The molecule has 0 unspecified atom stereocenters. The molecule has 0 atom stereocenters. The summed E-state index contributed by atoms with van der Waals surface area (Å²) in [4.78, 5) is 24.1. The van der Waals surface area contributed by atoms with E-state index in [1.807, 2.05) is 24.3 Å². The Morgan fingerprint density at radius 1 is 0.514 bits per heavy atom. The van der Waals surface area contributed by atoms with E-state index >= 15 is 0 Å². The van der Waals surface area contributed by atoms with Gasteiger partial charge in [0.25, 0.3) is 0 Å². The van der Waals surface area contributed by atoms with Crippen LogP contribution in [0.4, 0.5) is 0 Å². The zero-order valence-corrected chi connectivity index (χ0v) is 19.7. The fourth-order valence-corrected chi connectivity index (χ4v) is 5.66. The van der Waals surface area contributed by atoms with Crippen molar-refractivity contribution in [1.29, 1.82) is 0 Å². The van der Waals surface area contributed by atoms with Crippen molar-refractivity contribution in [3.63, 3.8) is 0 Å². The normalized spacial score (nSPS) is 13.3. The number of hydrogen-bond donors (Lipinski definition) is 0. The van der Waals surface area contributed by atoms with Crippen molar-refractivity contribution in [2.24, 2.45) is 0 Å². The summed E-state index contributed by atoms with van der Waals surface area (Å²) < 4.78 is 0. The molecule has 0 aliphatic heterocycles. The molecule has 1 aliphatic rings. The summed E-state index contributed by atoms with van der Waals surface area (Å²) in [6, 6.07) is 37.6. The summed E-state index contributed by atoms with van der Waals surface area (Å²) in [5, 5.41) is 2.39. The second kappa shape index (κ2) is 7.89. The quantitative estimate of drug-likeness (QED) is 0.258. The highest BCUT2D eigenvalue weighted by molar-refractivity contribution is 5.97. The Morgan fingerprint density at radius 2 is 1.00 bits per heavy atom. The highest BCUT2D eigenvalue weighted by atomic mass is 16.1. The summed E-state index contributed by atoms with van der Waals surface area (Å²) in [7, 11) is 0. The van der Waals surface area contributed by atoms with Crippen LogP contribution in [0.3, 0.4) is 0 Å². The molecule has 0 saturated heterocycles. The Balaban J connectivity index is 1.74. The zero-order chi connectivity index (χ0) is 24.2. The van der Waals surface area contributed by atoms with Crippen molar-refractivity contribution in [1.82, 2.24) is 0 Å². The van der Waals surface area contributed by atoms with E-state index in [0.717, 1.165) is 11.1 Å². The summed E-state index contributed by atoms with van der Waals surface area (Å²) in [5.74, 6) is 0.101. The van der Waals surface area contributed by atoms with Gasteiger partial charge in [-0.15, -0.1) is 0 Å². The maximum atomic E-state index is 12.0. The number of ketones is 2. The Bertz CT molecular complexity index is 1570. The Morgan fingerprint density at radius 3 is 1.54 bits per heavy atom. The molecule has 0 fully saturated rings. The second-order valence-electron chi connectivity index (χ2n) is 9.31. The lowest BCUT2D eigenvalue weighted by molar-refractivity contribution is 0.100. The lowest BCUT2D eigenvalue weighted by atomic mass is 9.67. The molecular weight excluding hydrogens is 428 g/mol. The first kappa shape index (κ1) is 21.2. The lowest BCUT2D eigenvalue weighted by Gasteiger charge is -2.34. The second-order valence-corrected chi connectivity index (χ2v) is 9.31. The van der Waals surface area contributed by atoms with Gasteiger partial charge in [0.05, 0.1) is 5.41 Å². The van der Waals surface area contributed by atoms with Crippen LogP contribution in [0.2, 0.25) is 0 Å². The molecule has 2 heteroatoms. The van der Waals surface area contributed by atoms with Gasteiger partial charge < -0.3 is 0 Å². The maximum Gasteiger partial charge on any atom is 0.159 e. The third-order valence-electron chi connectivity index (χ3n) is 7.36. The number of carbonyl (C=O) groups excluding carboxylic acids is 2. The van der Waals surface area contributed by atoms with Crippen LogP contribution < -0.4 is 0 Å². The van der Waals surface area contributed by atoms with Crippen molar-refractivity contribution < 1.29 is 9.59 Å². The average Bonchev–Trinajstić information content (AvgIpc) is 3.17. The van der Waals surface area contributed by atoms with E-state index < -0.39 is 5.41 Å². The van der Waals surface area contributed by atoms with Gasteiger partial charge in [-0.3, -0.25) is 9.59 Å². The lowest BCUT2D eigenvalue weighted by Crippen LogP contribution is -2.28. The smallest absolute Gasteiger partial charge is 0.159 e. The first-order chi connectivity index (χ1) is 17.0. The van der Waals surface area contributed by atoms with E-state index in [1.54, 1.807) is 13.8 Å². The number of benzene rings is 5. The van der Waals surface area contributed by atoms with E-state index in [4.69, 9.17) is 0 Å². The molecule has 0 saturated carbocycles. The molecule has 5 aromatic rings. The van der Waals surface area contributed by atoms with Crippen LogP contribution in [-0.4, -0.2) is 11.6 Å². The van der Waals surface area contributed by atoms with Gasteiger partial charge in [-0.05, 0) is 70.1 Å². The minimum atomic E-state index is -0.569. The minimum Gasteiger partial charge on any atom is -0.295 e. The van der Waals surface area contributed by atoms with E-state index in [-0.39, 0.29) is 11.6 Å². The molecule has 0 amide bonds. The molecule has 35 heavy (non-hydrogen) atoms. The number of carbonyl (C=O) groups is 2. The van der Waals surface area contributed by atoms with Gasteiger partial charge in [0.15, 0.2) is 11.6 Å². The maximum absolute atomic E-state index is 12.0. The van der Waals surface area contributed by atoms with Gasteiger partial charge in [0.2, 0.25) is 0 Å². The number of rotatable bonds is 4. The molecule has 0 N–H and O–H groups in total. The SMILES string of the molecule is CC(=O)c1ccc(C2(c3ccc(C(C)=O)cc3)c3ccccc3-c3cc4ccccc4cc32)cc1. The molecular formula is C33H24O2. The van der Waals surface area contributed by atoms with Crippen molar-refractivity contribution in [2.75, 3.05) is 0 Å². The van der Waals surface area contributed by atoms with E-state index in [1.165, 1.54) is 33.0 Å². The minimum absolute atomic E-state index is 0.0506. The van der Waals surface area contributed by atoms with Crippen molar-refractivity contribution in [2.45, 2.75) is 19.3 Å². The summed E-state index contributed by atoms with van der Waals surface area (Å²) in [6.45, 7) is 3.19. The molecule has 0 bridgehead atoms. The van der Waals surface area contributed by atoms with Gasteiger partial charge in [0, 0.05) is 11.1 Å². The molecule has 6 rings (SSSR count). The summed E-state index contributed by atoms with van der Waals surface area (Å²) in [5.41, 5.74) is 7.85. The Hall–Kier alpha value is -4.30. The monoisotopic (exact) mass is 452 g/mol. The summed E-state index contributed by atoms with van der Waals surface area (Å²) in [6.07, 6.45) is 0. The molecule has 0 heterocycles. The Labute approximate surface area is 204 Å². The van der Waals surface area contributed by atoms with Gasteiger partial charge in [-0.1, -0.05) is 97.1 Å². The predicted molar refractivity (Wildman–Crippen MR) is 141 cm³/mol. The molecule has 2 nitrogen and oxygen atoms in total. The van der Waals surface area contributed by atoms with Gasteiger partial charge in [-0.25, -0.2) is 0 Å². The fourth-order valence-electron chi connectivity index (χ4n) is 5.66. The van der Waals surface area contributed by atoms with Crippen LogP contribution in [0.5, 0.6) is 0 Å². The van der Waals surface area contributed by atoms with Crippen LogP contribution in [-0.2, 0) is 5.41 Å². The molecule has 168 valence electrons. The van der Waals surface area contributed by atoms with E-state index in [2.05, 4.69) is 84.9 Å². The first-order valence-corrected chi connectivity index (χ1v) is 11.9. The standard InChI is InChI=1S/C33H24O2/c1-21(34)23-11-15-27(16-12-23)33(28-17-13-24(14-18-28)22(2)35)31-10-6-5-9-29(31)30-19-25-7-3-4-8-26(25)20-32(30)33/h3-20H,1-2H3. The van der Waals surface area contributed by atoms with Crippen molar-refractivity contribution in [3.8, 4) is 11.1 Å². The van der Waals surface area contributed by atoms with Gasteiger partial charge in [0.1, 0.15) is 0 Å². The third kappa shape index (κ3) is 3.10. The predicted octanol–water partition coefficient (Wildman–Crippen LogP) is 7.61. The van der Waals surface area contributed by atoms with Gasteiger partial charge >= 0.3 is 0 Å². The largest absolute Gasteiger partial charge is 0.295 e. The highest BCUT2D eigenvalue weighted by Crippen LogP contribution is 2.56. The van der Waals surface area contributed by atoms with Crippen LogP contribution in [0.15, 0.2) is 109 Å². The van der Waals surface area contributed by atoms with Crippen LogP contribution >= 0.6 is 0 Å². The molecule has 0 spiro atoms. The summed E-state index contributed by atoms with van der Waals surface area (Å²) >= 11 is 0. The highest BCUT2D eigenvalue weighted by Gasteiger charge is 2.46. The molecule has 0 aromatic heterocycles. The first-order valence-electron chi connectivity index (χ1n) is 11.9. The fraction of sp³-hybridized carbons (Fsp3) is 0.0909. The molecule has 1 aliphatic carbocycles. The van der Waals surface area contributed by atoms with Crippen molar-refractivity contribution >= 4 is 22.3 Å². The van der Waals surface area contributed by atoms with Crippen LogP contribution in [0.25, 0.3) is 21.9 Å². The van der Waals surface area contributed by atoms with E-state index in [9.17, 15) is 9.59 Å². The van der Waals surface area contributed by atoms with Crippen LogP contribution in [0, 0.1) is 0 Å². The van der Waals surface area contributed by atoms with Crippen molar-refractivity contribution in [3.05, 3.63) is 143 Å². The number of Topliss-reactive ketones (excluding diaryl/α,β-unsaturated/α-hetero) is 2. The third-order valence-corrected chi connectivity index (χ3v) is 7.36. The molecule has 5 aromatic carbocycles. The Kier molecular flexibility index (Phi) is 4.79. The molecule has 0 radical (unpaired) electrons. The number of hydrogen-bond acceptors (Lipinski definition) is 2.